The van der Waals surface area contributed by atoms with E-state index in [1.807, 2.05) is 19.9 Å². The molecule has 1 fully saturated rings. The molecule has 2 nitrogen and oxygen atoms in total. The van der Waals surface area contributed by atoms with Crippen LogP contribution in [0.25, 0.3) is 0 Å². The summed E-state index contributed by atoms with van der Waals surface area (Å²) in [7, 11) is 0. The minimum atomic E-state index is -0.680. The van der Waals surface area contributed by atoms with E-state index < -0.39 is 5.97 Å². The summed E-state index contributed by atoms with van der Waals surface area (Å²) in [4.78, 5) is 10.8. The van der Waals surface area contributed by atoms with E-state index in [4.69, 9.17) is 5.11 Å². The molecule has 13 heavy (non-hydrogen) atoms. The first-order valence-electron chi connectivity index (χ1n) is 4.11. The van der Waals surface area contributed by atoms with Gasteiger partial charge in [0.25, 0.3) is 0 Å². The molecule has 4 heteroatoms. The Labute approximate surface area is 94.7 Å². The van der Waals surface area contributed by atoms with E-state index in [2.05, 4.69) is 31.9 Å². The minimum Gasteiger partial charge on any atom is -0.481 e. The Morgan fingerprint density at radius 2 is 2.08 bits per heavy atom. The molecular formula is C9H12Br2O2. The van der Waals surface area contributed by atoms with Crippen molar-refractivity contribution in [3.8, 4) is 0 Å². The highest BCUT2D eigenvalue weighted by atomic mass is 79.9. The average molecular weight is 312 g/mol. The smallest absolute Gasteiger partial charge is 0.307 e. The fraction of sp³-hybridized carbons (Fsp3) is 0.667. The van der Waals surface area contributed by atoms with Gasteiger partial charge in [0, 0.05) is 0 Å². The summed E-state index contributed by atoms with van der Waals surface area (Å²) in [6, 6.07) is 0. The topological polar surface area (TPSA) is 37.3 Å². The summed E-state index contributed by atoms with van der Waals surface area (Å²) in [5.74, 6) is -0.532. The molecule has 0 amide bonds. The van der Waals surface area contributed by atoms with Crippen molar-refractivity contribution in [3.63, 3.8) is 0 Å². The van der Waals surface area contributed by atoms with Crippen molar-refractivity contribution in [1.29, 1.82) is 0 Å². The summed E-state index contributed by atoms with van der Waals surface area (Å²) < 4.78 is 0.905. The molecule has 74 valence electrons. The van der Waals surface area contributed by atoms with Crippen molar-refractivity contribution < 1.29 is 9.90 Å². The number of hydrogen-bond donors (Lipinski definition) is 1. The molecule has 0 radical (unpaired) electrons. The second-order valence-corrected chi connectivity index (χ2v) is 6.78. The fourth-order valence-corrected chi connectivity index (χ4v) is 2.45. The summed E-state index contributed by atoms with van der Waals surface area (Å²) in [5.41, 5.74) is -0.126. The molecule has 0 aliphatic heterocycles. The molecule has 1 aliphatic carbocycles. The summed E-state index contributed by atoms with van der Waals surface area (Å²) in [5, 5.41) is 8.88. The maximum atomic E-state index is 10.8. The van der Waals surface area contributed by atoms with E-state index in [0.717, 1.165) is 9.81 Å². The van der Waals surface area contributed by atoms with Gasteiger partial charge in [0.15, 0.2) is 0 Å². The van der Waals surface area contributed by atoms with Gasteiger partial charge < -0.3 is 5.11 Å². The molecule has 1 N–H and O–H groups in total. The zero-order valence-corrected chi connectivity index (χ0v) is 10.7. The van der Waals surface area contributed by atoms with Crippen molar-refractivity contribution in [2.45, 2.75) is 20.3 Å². The van der Waals surface area contributed by atoms with Crippen LogP contribution in [0.15, 0.2) is 9.47 Å². The highest BCUT2D eigenvalue weighted by Gasteiger charge is 2.50. The molecule has 2 atom stereocenters. The van der Waals surface area contributed by atoms with E-state index in [9.17, 15) is 4.79 Å². The largest absolute Gasteiger partial charge is 0.481 e. The lowest BCUT2D eigenvalue weighted by Crippen LogP contribution is -2.47. The third-order valence-corrected chi connectivity index (χ3v) is 3.50. The number of rotatable bonds is 2. The highest BCUT2D eigenvalue weighted by molar-refractivity contribution is 9.28. The highest BCUT2D eigenvalue weighted by Crippen LogP contribution is 2.52. The molecular weight excluding hydrogens is 300 g/mol. The molecule has 2 unspecified atom stereocenters. The molecule has 0 saturated heterocycles. The van der Waals surface area contributed by atoms with E-state index in [1.165, 1.54) is 0 Å². The molecule has 0 aromatic rings. The number of halogens is 2. The Balaban J connectivity index is 2.70. The van der Waals surface area contributed by atoms with E-state index in [-0.39, 0.29) is 11.3 Å². The van der Waals surface area contributed by atoms with Crippen LogP contribution in [0.3, 0.4) is 0 Å². The lowest BCUT2D eigenvalue weighted by molar-refractivity contribution is -0.156. The van der Waals surface area contributed by atoms with Crippen molar-refractivity contribution in [2.24, 2.45) is 17.3 Å². The molecule has 0 bridgehead atoms. The van der Waals surface area contributed by atoms with Gasteiger partial charge in [0.1, 0.15) is 0 Å². The van der Waals surface area contributed by atoms with Crippen molar-refractivity contribution >= 4 is 37.8 Å². The molecule has 0 aromatic heterocycles. The molecule has 0 aromatic carbocycles. The Hall–Kier alpha value is 0.170. The standard InChI is InChI=1S/C9H12Br2O2/c1-9(2)5(4-7(10)11)3-6(9)8(12)13/h4-6H,3H2,1-2H3,(H,12,13). The summed E-state index contributed by atoms with van der Waals surface area (Å²) in [6.45, 7) is 4.00. The van der Waals surface area contributed by atoms with E-state index >= 15 is 0 Å². The van der Waals surface area contributed by atoms with Crippen LogP contribution in [0.5, 0.6) is 0 Å². The van der Waals surface area contributed by atoms with Crippen LogP contribution in [-0.4, -0.2) is 11.1 Å². The lowest BCUT2D eigenvalue weighted by Gasteiger charge is -2.48. The van der Waals surface area contributed by atoms with Gasteiger partial charge in [-0.1, -0.05) is 19.9 Å². The van der Waals surface area contributed by atoms with Crippen LogP contribution in [0.4, 0.5) is 0 Å². The maximum absolute atomic E-state index is 10.8. The predicted octanol–water partition coefficient (Wildman–Crippen LogP) is 3.36. The van der Waals surface area contributed by atoms with Crippen LogP contribution in [0, 0.1) is 17.3 Å². The maximum Gasteiger partial charge on any atom is 0.307 e. The van der Waals surface area contributed by atoms with Crippen LogP contribution >= 0.6 is 31.9 Å². The van der Waals surface area contributed by atoms with Crippen molar-refractivity contribution in [2.75, 3.05) is 0 Å². The number of carboxylic acids is 1. The van der Waals surface area contributed by atoms with E-state index in [1.54, 1.807) is 0 Å². The van der Waals surface area contributed by atoms with Crippen LogP contribution in [-0.2, 0) is 4.79 Å². The third-order valence-electron chi connectivity index (χ3n) is 2.97. The van der Waals surface area contributed by atoms with Gasteiger partial charge in [-0.3, -0.25) is 4.79 Å². The van der Waals surface area contributed by atoms with Crippen molar-refractivity contribution in [1.82, 2.24) is 0 Å². The molecule has 0 spiro atoms. The number of allylic oxidation sites excluding steroid dienone is 1. The SMILES string of the molecule is CC1(C)C(C=C(Br)Br)CC1C(=O)O. The van der Waals surface area contributed by atoms with Gasteiger partial charge >= 0.3 is 5.97 Å². The van der Waals surface area contributed by atoms with Crippen LogP contribution < -0.4 is 0 Å². The lowest BCUT2D eigenvalue weighted by atomic mass is 9.55. The second kappa shape index (κ2) is 3.73. The molecule has 1 aliphatic rings. The Kier molecular flexibility index (Phi) is 3.23. The quantitative estimate of drug-likeness (QED) is 0.849. The first-order chi connectivity index (χ1) is 5.85. The minimum absolute atomic E-state index is 0.126. The number of carbonyl (C=O) groups is 1. The van der Waals surface area contributed by atoms with Gasteiger partial charge in [0.2, 0.25) is 0 Å². The first kappa shape index (κ1) is 11.2. The van der Waals surface area contributed by atoms with E-state index in [0.29, 0.717) is 5.92 Å². The zero-order valence-electron chi connectivity index (χ0n) is 7.55. The van der Waals surface area contributed by atoms with Crippen LogP contribution in [0.1, 0.15) is 20.3 Å². The molecule has 0 heterocycles. The first-order valence-corrected chi connectivity index (χ1v) is 5.70. The average Bonchev–Trinajstić information content (AvgIpc) is 1.96. The van der Waals surface area contributed by atoms with Gasteiger partial charge in [-0.15, -0.1) is 0 Å². The Morgan fingerprint density at radius 1 is 1.54 bits per heavy atom. The monoisotopic (exact) mass is 310 g/mol. The normalized spacial score (nSPS) is 30.5. The zero-order chi connectivity index (χ0) is 10.2. The molecule has 1 rings (SSSR count). The van der Waals surface area contributed by atoms with Gasteiger partial charge in [-0.05, 0) is 49.6 Å². The van der Waals surface area contributed by atoms with Crippen molar-refractivity contribution in [3.05, 3.63) is 9.47 Å². The number of hydrogen-bond acceptors (Lipinski definition) is 1. The number of carboxylic acid groups (broad SMARTS) is 1. The second-order valence-electron chi connectivity index (χ2n) is 4.01. The predicted molar refractivity (Wildman–Crippen MR) is 59.0 cm³/mol. The Bertz CT molecular complexity index is 254. The third kappa shape index (κ3) is 2.15. The number of aliphatic carboxylic acids is 1. The van der Waals surface area contributed by atoms with Crippen LogP contribution in [0.2, 0.25) is 0 Å². The molecule has 1 saturated carbocycles. The van der Waals surface area contributed by atoms with Gasteiger partial charge in [-0.2, -0.15) is 0 Å². The summed E-state index contributed by atoms with van der Waals surface area (Å²) in [6.07, 6.45) is 2.77. The summed E-state index contributed by atoms with van der Waals surface area (Å²) >= 11 is 6.58. The Morgan fingerprint density at radius 3 is 2.38 bits per heavy atom. The fourth-order valence-electron chi connectivity index (χ4n) is 1.81. The van der Waals surface area contributed by atoms with Gasteiger partial charge in [-0.25, -0.2) is 0 Å². The van der Waals surface area contributed by atoms with Gasteiger partial charge in [0.05, 0.1) is 9.31 Å².